The number of carboxylic acid groups (broad SMARTS) is 1. The van der Waals surface area contributed by atoms with Gasteiger partial charge in [-0.25, -0.2) is 14.5 Å². The molecule has 0 unspecified atom stereocenters. The van der Waals surface area contributed by atoms with E-state index in [1.54, 1.807) is 7.11 Å². The van der Waals surface area contributed by atoms with E-state index in [1.165, 1.54) is 29.0 Å². The molecule has 3 heterocycles. The molecule has 32 heavy (non-hydrogen) atoms. The van der Waals surface area contributed by atoms with Crippen LogP contribution in [-0.2, 0) is 13.0 Å². The Morgan fingerprint density at radius 2 is 1.88 bits per heavy atom. The van der Waals surface area contributed by atoms with Crippen LogP contribution in [0.15, 0.2) is 30.5 Å². The maximum atomic E-state index is 11.4. The zero-order valence-electron chi connectivity index (χ0n) is 18.6. The Morgan fingerprint density at radius 3 is 2.47 bits per heavy atom. The van der Waals surface area contributed by atoms with Gasteiger partial charge in [0.15, 0.2) is 5.65 Å². The molecule has 2 aromatic heterocycles. The monoisotopic (exact) mass is 435 g/mol. The second-order valence-electron chi connectivity index (χ2n) is 8.60. The highest BCUT2D eigenvalue weighted by molar-refractivity contribution is 5.94. The first kappa shape index (κ1) is 20.6. The molecule has 1 aliphatic carbocycles. The van der Waals surface area contributed by atoms with Crippen LogP contribution < -0.4 is 9.64 Å². The quantitative estimate of drug-likeness (QED) is 0.635. The minimum absolute atomic E-state index is 0.519. The number of benzene rings is 1. The van der Waals surface area contributed by atoms with E-state index in [1.807, 2.05) is 23.0 Å². The van der Waals surface area contributed by atoms with Crippen molar-refractivity contribution in [3.63, 3.8) is 0 Å². The van der Waals surface area contributed by atoms with E-state index in [-0.39, 0.29) is 0 Å². The molecule has 1 amide bonds. The summed E-state index contributed by atoms with van der Waals surface area (Å²) >= 11 is 0. The molecule has 1 aromatic carbocycles. The first-order valence-corrected chi connectivity index (χ1v) is 11.3. The van der Waals surface area contributed by atoms with Crippen LogP contribution in [0.25, 0.3) is 11.0 Å². The number of aromatic nitrogens is 3. The van der Waals surface area contributed by atoms with Crippen molar-refractivity contribution in [1.82, 2.24) is 19.7 Å². The van der Waals surface area contributed by atoms with Gasteiger partial charge in [-0.1, -0.05) is 19.1 Å². The summed E-state index contributed by atoms with van der Waals surface area (Å²) in [5.74, 6) is 1.39. The second kappa shape index (κ2) is 8.33. The topological polar surface area (TPSA) is 83.7 Å². The van der Waals surface area contributed by atoms with Crippen molar-refractivity contribution < 1.29 is 14.6 Å². The van der Waals surface area contributed by atoms with E-state index in [0.29, 0.717) is 38.6 Å². The number of ether oxygens (including phenoxy) is 1. The molecule has 0 radical (unpaired) electrons. The Bertz CT molecular complexity index is 1130. The fourth-order valence-corrected chi connectivity index (χ4v) is 4.63. The van der Waals surface area contributed by atoms with Crippen LogP contribution in [0.2, 0.25) is 0 Å². The van der Waals surface area contributed by atoms with Crippen molar-refractivity contribution in [3.8, 4) is 5.75 Å². The standard InChI is InChI=1S/C24H29N5O3/c1-3-20-21-22(27-10-12-28(13-11-27)24(30)31)19(17-6-7-17)14-25-23(21)29(26-20)15-16-4-8-18(32-2)9-5-16/h4-5,8-9,14,17H,3,6-7,10-13,15H2,1-2H3,(H,30,31). The molecule has 1 saturated carbocycles. The van der Waals surface area contributed by atoms with Gasteiger partial charge < -0.3 is 19.6 Å². The molecular formula is C24H29N5O3. The van der Waals surface area contributed by atoms with Gasteiger partial charge in [0.2, 0.25) is 0 Å². The summed E-state index contributed by atoms with van der Waals surface area (Å²) in [4.78, 5) is 20.1. The summed E-state index contributed by atoms with van der Waals surface area (Å²) in [6.45, 7) is 5.20. The van der Waals surface area contributed by atoms with Gasteiger partial charge in [-0.2, -0.15) is 5.10 Å². The molecule has 168 valence electrons. The zero-order chi connectivity index (χ0) is 22.2. The number of hydrogen-bond acceptors (Lipinski definition) is 5. The largest absolute Gasteiger partial charge is 0.497 e. The lowest BCUT2D eigenvalue weighted by Gasteiger charge is -2.36. The Labute approximate surface area is 187 Å². The van der Waals surface area contributed by atoms with Crippen molar-refractivity contribution in [2.75, 3.05) is 38.2 Å². The molecule has 1 saturated heterocycles. The lowest BCUT2D eigenvalue weighted by atomic mass is 10.0. The summed E-state index contributed by atoms with van der Waals surface area (Å²) < 4.78 is 7.28. The summed E-state index contributed by atoms with van der Waals surface area (Å²) in [5.41, 5.74) is 5.61. The van der Waals surface area contributed by atoms with Crippen LogP contribution in [0.1, 0.15) is 42.5 Å². The normalized spacial score (nSPS) is 16.6. The van der Waals surface area contributed by atoms with Crippen molar-refractivity contribution in [1.29, 1.82) is 0 Å². The molecule has 3 aromatic rings. The smallest absolute Gasteiger partial charge is 0.407 e. The molecular weight excluding hydrogens is 406 g/mol. The van der Waals surface area contributed by atoms with Gasteiger partial charge in [-0.15, -0.1) is 0 Å². The highest BCUT2D eigenvalue weighted by Crippen LogP contribution is 2.47. The third-order valence-corrected chi connectivity index (χ3v) is 6.54. The lowest BCUT2D eigenvalue weighted by Crippen LogP contribution is -2.48. The van der Waals surface area contributed by atoms with Crippen LogP contribution in [0.3, 0.4) is 0 Å². The van der Waals surface area contributed by atoms with E-state index in [2.05, 4.69) is 24.0 Å². The van der Waals surface area contributed by atoms with Crippen LogP contribution in [0.4, 0.5) is 10.5 Å². The first-order valence-electron chi connectivity index (χ1n) is 11.3. The number of anilines is 1. The molecule has 1 aliphatic heterocycles. The average molecular weight is 436 g/mol. The number of fused-ring (bicyclic) bond motifs is 1. The Morgan fingerprint density at radius 1 is 1.16 bits per heavy atom. The molecule has 5 rings (SSSR count). The molecule has 0 bridgehead atoms. The first-order chi connectivity index (χ1) is 15.6. The number of nitrogens with zero attached hydrogens (tertiary/aromatic N) is 5. The third kappa shape index (κ3) is 3.74. The van der Waals surface area contributed by atoms with Gasteiger partial charge in [0.1, 0.15) is 5.75 Å². The van der Waals surface area contributed by atoms with Crippen LogP contribution >= 0.6 is 0 Å². The van der Waals surface area contributed by atoms with Gasteiger partial charge in [-0.3, -0.25) is 0 Å². The molecule has 2 aliphatic rings. The van der Waals surface area contributed by atoms with E-state index in [4.69, 9.17) is 14.8 Å². The Kier molecular flexibility index (Phi) is 5.36. The predicted molar refractivity (Wildman–Crippen MR) is 123 cm³/mol. The van der Waals surface area contributed by atoms with E-state index < -0.39 is 6.09 Å². The van der Waals surface area contributed by atoms with Crippen molar-refractivity contribution >= 4 is 22.8 Å². The summed E-state index contributed by atoms with van der Waals surface area (Å²) in [6, 6.07) is 8.05. The molecule has 8 nitrogen and oxygen atoms in total. The number of aryl methyl sites for hydroxylation is 1. The Hall–Kier alpha value is -3.29. The number of carbonyl (C=O) groups is 1. The van der Waals surface area contributed by atoms with Crippen LogP contribution in [0, 0.1) is 0 Å². The third-order valence-electron chi connectivity index (χ3n) is 6.54. The minimum atomic E-state index is -0.839. The molecule has 0 atom stereocenters. The van der Waals surface area contributed by atoms with E-state index in [9.17, 15) is 9.90 Å². The average Bonchev–Trinajstić information content (AvgIpc) is 3.61. The zero-order valence-corrected chi connectivity index (χ0v) is 18.6. The molecule has 8 heteroatoms. The highest BCUT2D eigenvalue weighted by Gasteiger charge is 2.33. The van der Waals surface area contributed by atoms with Crippen molar-refractivity contribution in [2.24, 2.45) is 0 Å². The maximum absolute atomic E-state index is 11.4. The van der Waals surface area contributed by atoms with Crippen molar-refractivity contribution in [2.45, 2.75) is 38.6 Å². The second-order valence-corrected chi connectivity index (χ2v) is 8.60. The number of rotatable bonds is 6. The van der Waals surface area contributed by atoms with E-state index >= 15 is 0 Å². The van der Waals surface area contributed by atoms with Crippen LogP contribution in [0.5, 0.6) is 5.75 Å². The molecule has 0 spiro atoms. The fourth-order valence-electron chi connectivity index (χ4n) is 4.63. The number of amides is 1. The number of piperazine rings is 1. The number of hydrogen-bond donors (Lipinski definition) is 1. The summed E-state index contributed by atoms with van der Waals surface area (Å²) in [5, 5.41) is 15.4. The maximum Gasteiger partial charge on any atom is 0.407 e. The predicted octanol–water partition coefficient (Wildman–Crippen LogP) is 3.73. The van der Waals surface area contributed by atoms with Gasteiger partial charge in [0.05, 0.1) is 30.4 Å². The number of methoxy groups -OCH3 is 1. The summed E-state index contributed by atoms with van der Waals surface area (Å²) in [6.07, 6.45) is 4.40. The molecule has 1 N–H and O–H groups in total. The van der Waals surface area contributed by atoms with Crippen LogP contribution in [-0.4, -0.2) is 64.2 Å². The summed E-state index contributed by atoms with van der Waals surface area (Å²) in [7, 11) is 1.67. The lowest BCUT2D eigenvalue weighted by molar-refractivity contribution is 0.142. The highest BCUT2D eigenvalue weighted by atomic mass is 16.5. The van der Waals surface area contributed by atoms with Gasteiger partial charge >= 0.3 is 6.09 Å². The molecule has 2 fully saturated rings. The number of pyridine rings is 1. The SMILES string of the molecule is CCc1nn(Cc2ccc(OC)cc2)c2ncc(C3CC3)c(N3CCN(C(=O)O)CC3)c12. The van der Waals surface area contributed by atoms with Gasteiger partial charge in [-0.05, 0) is 48.4 Å². The minimum Gasteiger partial charge on any atom is -0.497 e. The fraction of sp³-hybridized carbons (Fsp3) is 0.458. The van der Waals surface area contributed by atoms with Gasteiger partial charge in [0.25, 0.3) is 0 Å². The van der Waals surface area contributed by atoms with Crippen molar-refractivity contribution in [3.05, 3.63) is 47.3 Å². The van der Waals surface area contributed by atoms with Gasteiger partial charge in [0, 0.05) is 32.4 Å². The van der Waals surface area contributed by atoms with E-state index in [0.717, 1.165) is 34.5 Å². The Balaban J connectivity index is 1.55.